The Bertz CT molecular complexity index is 249. The smallest absolute Gasteiger partial charge is 0.214 e. The fourth-order valence-electron chi connectivity index (χ4n) is 0.970. The van der Waals surface area contributed by atoms with Gasteiger partial charge in [0.05, 0.1) is 0 Å². The minimum absolute atomic E-state index is 0. The molecule has 90 valence electrons. The van der Waals surface area contributed by atoms with Gasteiger partial charge in [-0.2, -0.15) is 35.9 Å². The summed E-state index contributed by atoms with van der Waals surface area (Å²) < 4.78 is 0. The van der Waals surface area contributed by atoms with Crippen LogP contribution in [0.3, 0.4) is 0 Å². The van der Waals surface area contributed by atoms with E-state index in [9.17, 15) is 0 Å². The first-order valence-corrected chi connectivity index (χ1v) is 5.72. The van der Waals surface area contributed by atoms with Gasteiger partial charge in [0, 0.05) is 0 Å². The second kappa shape index (κ2) is 14.2. The standard InChI is InChI=1S/C7H9.C5H5.C3H8.Fe/c1-2-7-5-3-4-6-7;1-2-4-5-3-1;1-3-2;/h3-6H,2H2,1H3;1-5H;3H2,1-2H3;/q2*-1;;+2. The molecule has 0 heterocycles. The predicted octanol–water partition coefficient (Wildman–Crippen LogP) is 4.79. The van der Waals surface area contributed by atoms with Gasteiger partial charge in [-0.3, -0.25) is 0 Å². The van der Waals surface area contributed by atoms with Gasteiger partial charge in [-0.1, -0.05) is 33.6 Å². The maximum atomic E-state index is 2.16. The van der Waals surface area contributed by atoms with Gasteiger partial charge < -0.3 is 0 Å². The molecule has 0 radical (unpaired) electrons. The van der Waals surface area contributed by atoms with E-state index in [1.165, 1.54) is 12.0 Å². The van der Waals surface area contributed by atoms with Gasteiger partial charge in [-0.05, 0) is 0 Å². The fraction of sp³-hybridized carbons (Fsp3) is 0.333. The molecule has 0 aromatic heterocycles. The molecule has 0 fully saturated rings. The summed E-state index contributed by atoms with van der Waals surface area (Å²) in [6.45, 7) is 6.41. The second-order valence-electron chi connectivity index (χ2n) is 3.32. The van der Waals surface area contributed by atoms with Crippen LogP contribution in [-0.4, -0.2) is 0 Å². The molecular formula is C15H22Fe. The quantitative estimate of drug-likeness (QED) is 0.509. The Labute approximate surface area is 111 Å². The molecule has 16 heavy (non-hydrogen) atoms. The van der Waals surface area contributed by atoms with Crippen molar-refractivity contribution in [3.05, 3.63) is 60.2 Å². The summed E-state index contributed by atoms with van der Waals surface area (Å²) in [7, 11) is 0. The minimum Gasteiger partial charge on any atom is -0.214 e. The van der Waals surface area contributed by atoms with E-state index in [1.807, 2.05) is 30.3 Å². The summed E-state index contributed by atoms with van der Waals surface area (Å²) in [5.41, 5.74) is 1.43. The van der Waals surface area contributed by atoms with E-state index in [-0.39, 0.29) is 17.1 Å². The molecule has 0 saturated carbocycles. The van der Waals surface area contributed by atoms with Crippen molar-refractivity contribution in [3.8, 4) is 0 Å². The molecule has 0 atom stereocenters. The van der Waals surface area contributed by atoms with Crippen LogP contribution in [0.25, 0.3) is 0 Å². The third kappa shape index (κ3) is 11.3. The number of aryl methyl sites for hydroxylation is 1. The van der Waals surface area contributed by atoms with Crippen LogP contribution in [0.5, 0.6) is 0 Å². The van der Waals surface area contributed by atoms with Crippen molar-refractivity contribution in [2.45, 2.75) is 33.6 Å². The summed E-state index contributed by atoms with van der Waals surface area (Å²) in [5, 5.41) is 0. The van der Waals surface area contributed by atoms with E-state index < -0.39 is 0 Å². The van der Waals surface area contributed by atoms with Gasteiger partial charge in [0.25, 0.3) is 0 Å². The average molecular weight is 258 g/mol. The molecule has 1 heteroatoms. The van der Waals surface area contributed by atoms with E-state index in [2.05, 4.69) is 45.0 Å². The zero-order valence-corrected chi connectivity index (χ0v) is 11.6. The van der Waals surface area contributed by atoms with Crippen molar-refractivity contribution < 1.29 is 17.1 Å². The Morgan fingerprint density at radius 1 is 0.938 bits per heavy atom. The molecule has 0 amide bonds. The molecule has 2 aromatic rings. The minimum atomic E-state index is 0. The second-order valence-corrected chi connectivity index (χ2v) is 3.32. The van der Waals surface area contributed by atoms with E-state index >= 15 is 0 Å². The third-order valence-electron chi connectivity index (χ3n) is 1.70. The Kier molecular flexibility index (Phi) is 15.6. The molecule has 2 aromatic carbocycles. The average Bonchev–Trinajstić information content (AvgIpc) is 2.96. The van der Waals surface area contributed by atoms with Crippen LogP contribution >= 0.6 is 0 Å². The number of rotatable bonds is 1. The predicted molar refractivity (Wildman–Crippen MR) is 69.4 cm³/mol. The van der Waals surface area contributed by atoms with Crippen LogP contribution in [-0.2, 0) is 23.5 Å². The van der Waals surface area contributed by atoms with Gasteiger partial charge in [-0.15, -0.1) is 0 Å². The molecule has 0 aliphatic heterocycles. The largest absolute Gasteiger partial charge is 2.00 e. The molecule has 0 N–H and O–H groups in total. The zero-order valence-electron chi connectivity index (χ0n) is 10.5. The summed E-state index contributed by atoms with van der Waals surface area (Å²) in [6.07, 6.45) is 2.41. The molecule has 0 nitrogen and oxygen atoms in total. The van der Waals surface area contributed by atoms with Crippen molar-refractivity contribution in [1.82, 2.24) is 0 Å². The first kappa shape index (κ1) is 17.6. The zero-order chi connectivity index (χ0) is 11.4. The van der Waals surface area contributed by atoms with Crippen LogP contribution in [0.2, 0.25) is 0 Å². The van der Waals surface area contributed by atoms with Gasteiger partial charge in [-0.25, -0.2) is 24.3 Å². The van der Waals surface area contributed by atoms with Crippen LogP contribution in [0, 0.1) is 0 Å². The summed E-state index contributed by atoms with van der Waals surface area (Å²) in [6, 6.07) is 18.4. The monoisotopic (exact) mass is 258 g/mol. The Hall–Kier alpha value is -0.781. The SMILES string of the molecule is CCC.CCc1ccc[cH-]1.[Fe+2].c1cc[cH-]c1. The third-order valence-corrected chi connectivity index (χ3v) is 1.70. The number of hydrogen-bond donors (Lipinski definition) is 0. The van der Waals surface area contributed by atoms with Crippen LogP contribution in [0.1, 0.15) is 32.8 Å². The summed E-state index contributed by atoms with van der Waals surface area (Å²) in [5.74, 6) is 0. The van der Waals surface area contributed by atoms with E-state index in [4.69, 9.17) is 0 Å². The van der Waals surface area contributed by atoms with Crippen LogP contribution in [0.15, 0.2) is 54.6 Å². The maximum absolute atomic E-state index is 2.16. The molecular weight excluding hydrogens is 236 g/mol. The molecule has 0 bridgehead atoms. The maximum Gasteiger partial charge on any atom is 2.00 e. The first-order chi connectivity index (χ1) is 7.35. The van der Waals surface area contributed by atoms with Crippen molar-refractivity contribution >= 4 is 0 Å². The molecule has 0 unspecified atom stereocenters. The normalized spacial score (nSPS) is 7.69. The van der Waals surface area contributed by atoms with Gasteiger partial charge in [0.2, 0.25) is 0 Å². The van der Waals surface area contributed by atoms with Crippen LogP contribution < -0.4 is 0 Å². The van der Waals surface area contributed by atoms with Crippen molar-refractivity contribution in [2.75, 3.05) is 0 Å². The topological polar surface area (TPSA) is 0 Å². The van der Waals surface area contributed by atoms with Crippen molar-refractivity contribution in [3.63, 3.8) is 0 Å². The molecule has 0 aliphatic carbocycles. The van der Waals surface area contributed by atoms with Crippen molar-refractivity contribution in [1.29, 1.82) is 0 Å². The molecule has 0 spiro atoms. The Morgan fingerprint density at radius 2 is 1.50 bits per heavy atom. The Balaban J connectivity index is 0. The van der Waals surface area contributed by atoms with Crippen LogP contribution in [0.4, 0.5) is 0 Å². The molecule has 2 rings (SSSR count). The van der Waals surface area contributed by atoms with Gasteiger partial charge >= 0.3 is 17.1 Å². The summed E-state index contributed by atoms with van der Waals surface area (Å²) >= 11 is 0. The Morgan fingerprint density at radius 3 is 1.69 bits per heavy atom. The molecule has 0 aliphatic rings. The molecule has 0 saturated heterocycles. The van der Waals surface area contributed by atoms with E-state index in [0.717, 1.165) is 6.42 Å². The van der Waals surface area contributed by atoms with Crippen molar-refractivity contribution in [2.24, 2.45) is 0 Å². The van der Waals surface area contributed by atoms with E-state index in [1.54, 1.807) is 0 Å². The fourth-order valence-corrected chi connectivity index (χ4v) is 0.970. The van der Waals surface area contributed by atoms with Gasteiger partial charge in [0.15, 0.2) is 0 Å². The first-order valence-electron chi connectivity index (χ1n) is 5.72. The van der Waals surface area contributed by atoms with Gasteiger partial charge in [0.1, 0.15) is 0 Å². The summed E-state index contributed by atoms with van der Waals surface area (Å²) in [4.78, 5) is 0. The number of hydrogen-bond acceptors (Lipinski definition) is 0. The van der Waals surface area contributed by atoms with E-state index in [0.29, 0.717) is 0 Å².